The third-order valence-corrected chi connectivity index (χ3v) is 5.00. The smallest absolute Gasteiger partial charge is 0.240 e. The quantitative estimate of drug-likeness (QED) is 0.726. The van der Waals surface area contributed by atoms with Crippen LogP contribution in [0.2, 0.25) is 0 Å². The maximum atomic E-state index is 13.0. The molecule has 4 rings (SSSR count). The Bertz CT molecular complexity index is 1060. The molecule has 3 aromatic rings. The molecule has 2 heterocycles. The number of carbonyl (C=O) groups is 2. The minimum absolute atomic E-state index is 0.0844. The molecule has 1 aliphatic rings. The van der Waals surface area contributed by atoms with Gasteiger partial charge >= 0.3 is 0 Å². The Labute approximate surface area is 167 Å². The van der Waals surface area contributed by atoms with E-state index in [1.54, 1.807) is 16.8 Å². The van der Waals surface area contributed by atoms with E-state index in [0.29, 0.717) is 18.8 Å². The van der Waals surface area contributed by atoms with Crippen molar-refractivity contribution in [2.24, 2.45) is 0 Å². The number of benzene rings is 2. The Balaban J connectivity index is 1.50. The van der Waals surface area contributed by atoms with Gasteiger partial charge in [0.05, 0.1) is 12.2 Å². The summed E-state index contributed by atoms with van der Waals surface area (Å²) in [7, 11) is 0. The van der Waals surface area contributed by atoms with Crippen molar-refractivity contribution >= 4 is 17.6 Å². The predicted octanol–water partition coefficient (Wildman–Crippen LogP) is 3.05. The van der Waals surface area contributed by atoms with Gasteiger partial charge in [-0.2, -0.15) is 5.10 Å². The van der Waals surface area contributed by atoms with E-state index < -0.39 is 0 Å². The molecule has 0 saturated heterocycles. The van der Waals surface area contributed by atoms with Crippen LogP contribution in [0.15, 0.2) is 54.6 Å². The molecule has 0 unspecified atom stereocenters. The van der Waals surface area contributed by atoms with Crippen LogP contribution in [-0.4, -0.2) is 28.1 Å². The highest BCUT2D eigenvalue weighted by Gasteiger charge is 2.28. The molecule has 0 spiro atoms. The number of nitrogens with one attached hydrogen (secondary N) is 1. The minimum atomic E-state index is -0.322. The Kier molecular flexibility index (Phi) is 5.12. The fourth-order valence-corrected chi connectivity index (χ4v) is 3.42. The van der Waals surface area contributed by atoms with Crippen molar-refractivity contribution in [2.45, 2.75) is 26.4 Å². The predicted molar refractivity (Wildman–Crippen MR) is 108 cm³/mol. The largest absolute Gasteiger partial charge is 0.350 e. The normalized spacial score (nSPS) is 13.3. The summed E-state index contributed by atoms with van der Waals surface area (Å²) in [5.41, 5.74) is 3.67. The second kappa shape index (κ2) is 7.87. The van der Waals surface area contributed by atoms with Gasteiger partial charge in [-0.05, 0) is 30.2 Å². The van der Waals surface area contributed by atoms with Gasteiger partial charge in [0, 0.05) is 24.6 Å². The van der Waals surface area contributed by atoms with E-state index in [1.165, 1.54) is 17.0 Å². The number of nitrogens with zero attached hydrogens (tertiary/aromatic N) is 3. The molecule has 0 saturated carbocycles. The molecule has 0 atom stereocenters. The van der Waals surface area contributed by atoms with Crippen molar-refractivity contribution in [1.82, 2.24) is 15.1 Å². The highest BCUT2D eigenvalue weighted by Crippen LogP contribution is 2.29. The van der Waals surface area contributed by atoms with E-state index in [9.17, 15) is 14.0 Å². The van der Waals surface area contributed by atoms with Gasteiger partial charge in [-0.15, -0.1) is 0 Å². The van der Waals surface area contributed by atoms with Gasteiger partial charge < -0.3 is 5.32 Å². The third-order valence-electron chi connectivity index (χ3n) is 5.00. The molecule has 2 aromatic carbocycles. The van der Waals surface area contributed by atoms with Crippen molar-refractivity contribution in [2.75, 3.05) is 11.4 Å². The maximum absolute atomic E-state index is 13.0. The number of carbonyl (C=O) groups excluding carboxylic acids is 2. The zero-order valence-corrected chi connectivity index (χ0v) is 16.1. The summed E-state index contributed by atoms with van der Waals surface area (Å²) in [5, 5.41) is 7.41. The Morgan fingerprint density at radius 3 is 2.69 bits per heavy atom. The average Bonchev–Trinajstić information content (AvgIpc) is 3.14. The molecule has 1 N–H and O–H groups in total. The molecule has 1 aliphatic heterocycles. The van der Waals surface area contributed by atoms with Crippen LogP contribution < -0.4 is 10.2 Å². The van der Waals surface area contributed by atoms with Crippen LogP contribution in [-0.2, 0) is 22.7 Å². The number of aryl methyl sites for hydroxylation is 2. The van der Waals surface area contributed by atoms with Crippen molar-refractivity contribution in [1.29, 1.82) is 0 Å². The molecule has 7 heteroatoms. The summed E-state index contributed by atoms with van der Waals surface area (Å²) < 4.78 is 14.8. The lowest BCUT2D eigenvalue weighted by Gasteiger charge is -2.26. The molecular weight excluding hydrogens is 371 g/mol. The first-order valence-corrected chi connectivity index (χ1v) is 9.46. The van der Waals surface area contributed by atoms with Crippen LogP contribution in [0.25, 0.3) is 11.3 Å². The lowest BCUT2D eigenvalue weighted by Crippen LogP contribution is -2.44. The number of rotatable bonds is 5. The Morgan fingerprint density at radius 1 is 1.17 bits per heavy atom. The summed E-state index contributed by atoms with van der Waals surface area (Å²) in [6.45, 7) is 2.70. The lowest BCUT2D eigenvalue weighted by molar-refractivity contribution is -0.124. The number of amides is 2. The zero-order valence-electron chi connectivity index (χ0n) is 16.1. The monoisotopic (exact) mass is 392 g/mol. The maximum Gasteiger partial charge on any atom is 0.240 e. The number of halogens is 1. The third kappa shape index (κ3) is 4.03. The zero-order chi connectivity index (χ0) is 20.4. The van der Waals surface area contributed by atoms with E-state index in [2.05, 4.69) is 10.4 Å². The van der Waals surface area contributed by atoms with E-state index in [0.717, 1.165) is 22.4 Å². The highest BCUT2D eigenvalue weighted by molar-refractivity contribution is 5.99. The molecule has 0 aliphatic carbocycles. The molecule has 0 radical (unpaired) electrons. The van der Waals surface area contributed by atoms with Crippen LogP contribution in [0.1, 0.15) is 17.5 Å². The SMILES string of the molecule is Cc1ccccc1-c1cc2n(n1)CCC(=O)N2CC(=O)NCc1ccc(F)cc1. The Hall–Kier alpha value is -3.48. The van der Waals surface area contributed by atoms with Crippen molar-refractivity contribution < 1.29 is 14.0 Å². The summed E-state index contributed by atoms with van der Waals surface area (Å²) in [6, 6.07) is 15.7. The van der Waals surface area contributed by atoms with E-state index >= 15 is 0 Å². The van der Waals surface area contributed by atoms with Gasteiger partial charge in [-0.3, -0.25) is 14.5 Å². The highest BCUT2D eigenvalue weighted by atomic mass is 19.1. The first-order valence-electron chi connectivity index (χ1n) is 9.46. The summed E-state index contributed by atoms with van der Waals surface area (Å²) >= 11 is 0. The summed E-state index contributed by atoms with van der Waals surface area (Å²) in [4.78, 5) is 26.4. The van der Waals surface area contributed by atoms with Gasteiger partial charge in [0.1, 0.15) is 18.2 Å². The standard InChI is InChI=1S/C22H21FN4O2/c1-15-4-2-3-5-18(15)19-12-21-26(22(29)10-11-27(21)25-19)14-20(28)24-13-16-6-8-17(23)9-7-16/h2-9,12H,10-11,13-14H2,1H3,(H,24,28). The fourth-order valence-electron chi connectivity index (χ4n) is 3.42. The summed E-state index contributed by atoms with van der Waals surface area (Å²) in [5.74, 6) is -0.0893. The second-order valence-electron chi connectivity index (χ2n) is 7.06. The molecular formula is C22H21FN4O2. The number of fused-ring (bicyclic) bond motifs is 1. The first kappa shape index (κ1) is 18.9. The number of aromatic nitrogens is 2. The molecule has 2 amide bonds. The van der Waals surface area contributed by atoms with Crippen LogP contribution in [0.5, 0.6) is 0 Å². The van der Waals surface area contributed by atoms with Gasteiger partial charge in [0.15, 0.2) is 0 Å². The van der Waals surface area contributed by atoms with Crippen molar-refractivity contribution in [3.63, 3.8) is 0 Å². The average molecular weight is 392 g/mol. The van der Waals surface area contributed by atoms with E-state index in [4.69, 9.17) is 0 Å². The van der Waals surface area contributed by atoms with E-state index in [-0.39, 0.29) is 30.7 Å². The number of hydrogen-bond donors (Lipinski definition) is 1. The van der Waals surface area contributed by atoms with Crippen LogP contribution in [0.4, 0.5) is 10.2 Å². The van der Waals surface area contributed by atoms with Crippen molar-refractivity contribution in [3.8, 4) is 11.3 Å². The van der Waals surface area contributed by atoms with Gasteiger partial charge in [-0.1, -0.05) is 36.4 Å². The molecule has 0 fully saturated rings. The van der Waals surface area contributed by atoms with Crippen LogP contribution >= 0.6 is 0 Å². The lowest BCUT2D eigenvalue weighted by atomic mass is 10.1. The molecule has 6 nitrogen and oxygen atoms in total. The topological polar surface area (TPSA) is 67.2 Å². The van der Waals surface area contributed by atoms with Crippen LogP contribution in [0, 0.1) is 12.7 Å². The van der Waals surface area contributed by atoms with Gasteiger partial charge in [0.2, 0.25) is 11.8 Å². The summed E-state index contributed by atoms with van der Waals surface area (Å²) in [6.07, 6.45) is 0.299. The first-order chi connectivity index (χ1) is 14.0. The van der Waals surface area contributed by atoms with Gasteiger partial charge in [-0.25, -0.2) is 9.07 Å². The van der Waals surface area contributed by atoms with E-state index in [1.807, 2.05) is 37.3 Å². The molecule has 148 valence electrons. The van der Waals surface area contributed by atoms with Gasteiger partial charge in [0.25, 0.3) is 0 Å². The molecule has 29 heavy (non-hydrogen) atoms. The fraction of sp³-hybridized carbons (Fsp3) is 0.227. The van der Waals surface area contributed by atoms with Crippen LogP contribution in [0.3, 0.4) is 0 Å². The number of anilines is 1. The van der Waals surface area contributed by atoms with Crippen molar-refractivity contribution in [3.05, 3.63) is 71.5 Å². The second-order valence-corrected chi connectivity index (χ2v) is 7.06. The number of hydrogen-bond acceptors (Lipinski definition) is 3. The Morgan fingerprint density at radius 2 is 1.93 bits per heavy atom. The minimum Gasteiger partial charge on any atom is -0.350 e. The molecule has 1 aromatic heterocycles. The molecule has 0 bridgehead atoms.